The van der Waals surface area contributed by atoms with Gasteiger partial charge in [-0.1, -0.05) is 28.8 Å². The molecule has 1 fully saturated rings. The van der Waals surface area contributed by atoms with Gasteiger partial charge in [0.2, 0.25) is 0 Å². The third kappa shape index (κ3) is 3.46. The molecule has 1 aromatic carbocycles. The average Bonchev–Trinajstić information content (AvgIpc) is 2.64. The minimum atomic E-state index is -0.536. The highest BCUT2D eigenvalue weighted by molar-refractivity contribution is 9.11. The number of benzene rings is 1. The Bertz CT molecular complexity index is 393. The number of anilines is 1. The van der Waals surface area contributed by atoms with Crippen molar-refractivity contribution < 1.29 is 5.11 Å². The first-order chi connectivity index (χ1) is 8.00. The second kappa shape index (κ2) is 5.59. The summed E-state index contributed by atoms with van der Waals surface area (Å²) in [4.78, 5) is 0. The van der Waals surface area contributed by atoms with Gasteiger partial charge in [-0.05, 0) is 56.8 Å². The van der Waals surface area contributed by atoms with Crippen molar-refractivity contribution in [1.82, 2.24) is 0 Å². The zero-order valence-electron chi connectivity index (χ0n) is 9.27. The van der Waals surface area contributed by atoms with Gasteiger partial charge in [-0.2, -0.15) is 0 Å². The van der Waals surface area contributed by atoms with Gasteiger partial charge in [-0.3, -0.25) is 0 Å². The standard InChI is InChI=1S/C12H14Br3NO/c13-8-5-9(14)11(10(15)6-8)16-7-12(17)3-1-2-4-12/h5-6,16-17H,1-4,7H2. The van der Waals surface area contributed by atoms with Crippen LogP contribution in [0.2, 0.25) is 0 Å². The Balaban J connectivity index is 2.08. The second-order valence-electron chi connectivity index (χ2n) is 4.53. The summed E-state index contributed by atoms with van der Waals surface area (Å²) in [6.45, 7) is 0.603. The Hall–Kier alpha value is 0.420. The second-order valence-corrected chi connectivity index (χ2v) is 7.15. The van der Waals surface area contributed by atoms with Gasteiger partial charge in [0, 0.05) is 20.0 Å². The quantitative estimate of drug-likeness (QED) is 0.733. The molecule has 0 spiro atoms. The van der Waals surface area contributed by atoms with Gasteiger partial charge >= 0.3 is 0 Å². The molecule has 0 aliphatic heterocycles. The van der Waals surface area contributed by atoms with Crippen molar-refractivity contribution in [1.29, 1.82) is 0 Å². The molecule has 5 heteroatoms. The Labute approximate surface area is 127 Å². The molecule has 0 bridgehead atoms. The molecule has 0 amide bonds. The Morgan fingerprint density at radius 2 is 1.65 bits per heavy atom. The first kappa shape index (κ1) is 13.8. The molecule has 94 valence electrons. The number of halogens is 3. The highest BCUT2D eigenvalue weighted by atomic mass is 79.9. The maximum atomic E-state index is 10.3. The number of hydrogen-bond acceptors (Lipinski definition) is 2. The Morgan fingerprint density at radius 3 is 2.18 bits per heavy atom. The first-order valence-corrected chi connectivity index (χ1v) is 7.99. The lowest BCUT2D eigenvalue weighted by Crippen LogP contribution is -2.33. The van der Waals surface area contributed by atoms with Gasteiger partial charge in [-0.25, -0.2) is 0 Å². The van der Waals surface area contributed by atoms with Crippen LogP contribution < -0.4 is 5.32 Å². The molecule has 0 saturated heterocycles. The third-order valence-corrected chi connectivity index (χ3v) is 4.84. The van der Waals surface area contributed by atoms with Crippen LogP contribution in [0.4, 0.5) is 5.69 Å². The molecule has 17 heavy (non-hydrogen) atoms. The van der Waals surface area contributed by atoms with Crippen molar-refractivity contribution in [2.75, 3.05) is 11.9 Å². The van der Waals surface area contributed by atoms with Crippen LogP contribution >= 0.6 is 47.8 Å². The summed E-state index contributed by atoms with van der Waals surface area (Å²) in [5, 5.41) is 13.6. The maximum absolute atomic E-state index is 10.3. The highest BCUT2D eigenvalue weighted by Crippen LogP contribution is 2.36. The largest absolute Gasteiger partial charge is 0.388 e. The molecule has 0 unspecified atom stereocenters. The number of hydrogen-bond donors (Lipinski definition) is 2. The van der Waals surface area contributed by atoms with Gasteiger partial charge in [0.1, 0.15) is 0 Å². The van der Waals surface area contributed by atoms with Crippen LogP contribution in [0.3, 0.4) is 0 Å². The van der Waals surface area contributed by atoms with Crippen LogP contribution in [0.25, 0.3) is 0 Å². The van der Waals surface area contributed by atoms with E-state index in [1.165, 1.54) is 0 Å². The van der Waals surface area contributed by atoms with Crippen molar-refractivity contribution >= 4 is 53.5 Å². The van der Waals surface area contributed by atoms with E-state index in [1.807, 2.05) is 12.1 Å². The summed E-state index contributed by atoms with van der Waals surface area (Å²) in [6, 6.07) is 3.98. The predicted molar refractivity (Wildman–Crippen MR) is 81.4 cm³/mol. The molecular formula is C12H14Br3NO. The van der Waals surface area contributed by atoms with Crippen LogP contribution in [-0.4, -0.2) is 17.3 Å². The summed E-state index contributed by atoms with van der Waals surface area (Å²) >= 11 is 10.5. The van der Waals surface area contributed by atoms with E-state index in [9.17, 15) is 5.11 Å². The predicted octanol–water partition coefficient (Wildman–Crippen LogP) is 4.69. The van der Waals surface area contributed by atoms with Crippen LogP contribution in [0, 0.1) is 0 Å². The minimum Gasteiger partial charge on any atom is -0.388 e. The smallest absolute Gasteiger partial charge is 0.0819 e. The van der Waals surface area contributed by atoms with Crippen LogP contribution in [0.5, 0.6) is 0 Å². The number of aliphatic hydroxyl groups is 1. The van der Waals surface area contributed by atoms with E-state index in [4.69, 9.17) is 0 Å². The monoisotopic (exact) mass is 425 g/mol. The lowest BCUT2D eigenvalue weighted by molar-refractivity contribution is 0.0614. The third-order valence-electron chi connectivity index (χ3n) is 3.14. The lowest BCUT2D eigenvalue weighted by atomic mass is 10.0. The van der Waals surface area contributed by atoms with Gasteiger partial charge in [-0.15, -0.1) is 0 Å². The molecule has 0 heterocycles. The summed E-state index contributed by atoms with van der Waals surface area (Å²) in [5.41, 5.74) is 0.458. The molecule has 2 N–H and O–H groups in total. The molecule has 1 aromatic rings. The minimum absolute atomic E-state index is 0.536. The fourth-order valence-corrected chi connectivity index (χ4v) is 4.71. The highest BCUT2D eigenvalue weighted by Gasteiger charge is 2.30. The van der Waals surface area contributed by atoms with E-state index in [-0.39, 0.29) is 0 Å². The summed E-state index contributed by atoms with van der Waals surface area (Å²) in [7, 11) is 0. The van der Waals surface area contributed by atoms with E-state index in [2.05, 4.69) is 53.1 Å². The van der Waals surface area contributed by atoms with E-state index in [0.717, 1.165) is 44.8 Å². The van der Waals surface area contributed by atoms with E-state index >= 15 is 0 Å². The molecule has 0 radical (unpaired) electrons. The SMILES string of the molecule is OC1(CNc2c(Br)cc(Br)cc2Br)CCCC1. The molecule has 1 saturated carbocycles. The Morgan fingerprint density at radius 1 is 1.12 bits per heavy atom. The average molecular weight is 428 g/mol. The molecule has 0 atom stereocenters. The fraction of sp³-hybridized carbons (Fsp3) is 0.500. The summed E-state index contributed by atoms with van der Waals surface area (Å²) in [5.74, 6) is 0. The topological polar surface area (TPSA) is 32.3 Å². The van der Waals surface area contributed by atoms with E-state index in [1.54, 1.807) is 0 Å². The van der Waals surface area contributed by atoms with Crippen LogP contribution in [-0.2, 0) is 0 Å². The van der Waals surface area contributed by atoms with Crippen molar-refractivity contribution in [3.63, 3.8) is 0 Å². The Kier molecular flexibility index (Phi) is 4.55. The van der Waals surface area contributed by atoms with Gasteiger partial charge < -0.3 is 10.4 Å². The first-order valence-electron chi connectivity index (χ1n) is 5.61. The molecule has 1 aliphatic carbocycles. The van der Waals surface area contributed by atoms with Crippen LogP contribution in [0.15, 0.2) is 25.6 Å². The molecule has 0 aromatic heterocycles. The van der Waals surface area contributed by atoms with Gasteiger partial charge in [0.25, 0.3) is 0 Å². The lowest BCUT2D eigenvalue weighted by Gasteiger charge is -2.24. The number of nitrogens with one attached hydrogen (secondary N) is 1. The number of rotatable bonds is 3. The van der Waals surface area contributed by atoms with E-state index < -0.39 is 5.60 Å². The molecule has 2 rings (SSSR count). The van der Waals surface area contributed by atoms with Crippen molar-refractivity contribution in [2.24, 2.45) is 0 Å². The van der Waals surface area contributed by atoms with Crippen LogP contribution in [0.1, 0.15) is 25.7 Å². The van der Waals surface area contributed by atoms with Gasteiger partial charge in [0.15, 0.2) is 0 Å². The summed E-state index contributed by atoms with van der Waals surface area (Å²) < 4.78 is 2.99. The van der Waals surface area contributed by atoms with Crippen molar-refractivity contribution in [2.45, 2.75) is 31.3 Å². The molecule has 2 nitrogen and oxygen atoms in total. The zero-order chi connectivity index (χ0) is 12.5. The molecular weight excluding hydrogens is 414 g/mol. The van der Waals surface area contributed by atoms with Crippen molar-refractivity contribution in [3.05, 3.63) is 25.6 Å². The van der Waals surface area contributed by atoms with E-state index in [0.29, 0.717) is 6.54 Å². The van der Waals surface area contributed by atoms with Gasteiger partial charge in [0.05, 0.1) is 11.3 Å². The van der Waals surface area contributed by atoms with Crippen molar-refractivity contribution in [3.8, 4) is 0 Å². The maximum Gasteiger partial charge on any atom is 0.0819 e. The normalized spacial score (nSPS) is 18.4. The zero-order valence-corrected chi connectivity index (χ0v) is 14.0. The summed E-state index contributed by atoms with van der Waals surface area (Å²) in [6.07, 6.45) is 4.04. The molecule has 1 aliphatic rings. The fourth-order valence-electron chi connectivity index (χ4n) is 2.17.